The highest BCUT2D eigenvalue weighted by Gasteiger charge is 2.21. The molecule has 3 rings (SSSR count). The molecule has 0 radical (unpaired) electrons. The Labute approximate surface area is 154 Å². The van der Waals surface area contributed by atoms with E-state index in [9.17, 15) is 14.0 Å². The second-order valence-corrected chi connectivity index (χ2v) is 5.91. The molecule has 26 heavy (non-hydrogen) atoms. The first kappa shape index (κ1) is 17.8. The van der Waals surface area contributed by atoms with E-state index in [0.29, 0.717) is 22.9 Å². The summed E-state index contributed by atoms with van der Waals surface area (Å²) in [6.45, 7) is 2.15. The van der Waals surface area contributed by atoms with Crippen LogP contribution in [0, 0.1) is 5.82 Å². The van der Waals surface area contributed by atoms with Crippen molar-refractivity contribution < 1.29 is 9.18 Å². The van der Waals surface area contributed by atoms with Gasteiger partial charge in [0.05, 0.1) is 5.69 Å². The van der Waals surface area contributed by atoms with E-state index >= 15 is 0 Å². The number of carbonyl (C=O) groups excluding carboxylic acids is 1. The highest BCUT2D eigenvalue weighted by molar-refractivity contribution is 6.30. The topological polar surface area (TPSA) is 55.2 Å². The Hall–Kier alpha value is -2.99. The molecule has 0 atom stereocenters. The Morgan fingerprint density at radius 1 is 1.12 bits per heavy atom. The molecule has 1 amide bonds. The van der Waals surface area contributed by atoms with Crippen molar-refractivity contribution in [1.82, 2.24) is 9.78 Å². The second kappa shape index (κ2) is 7.49. The van der Waals surface area contributed by atoms with Crippen LogP contribution in [0.2, 0.25) is 5.02 Å². The highest BCUT2D eigenvalue weighted by Crippen LogP contribution is 2.19. The normalized spacial score (nSPS) is 10.6. The van der Waals surface area contributed by atoms with E-state index in [1.165, 1.54) is 46.1 Å². The number of halogens is 2. The van der Waals surface area contributed by atoms with Crippen LogP contribution in [0.15, 0.2) is 65.6 Å². The molecule has 0 saturated carbocycles. The number of hydrogen-bond donors (Lipinski definition) is 0. The van der Waals surface area contributed by atoms with Crippen molar-refractivity contribution in [2.75, 3.05) is 11.4 Å². The summed E-state index contributed by atoms with van der Waals surface area (Å²) in [4.78, 5) is 26.5. The first-order valence-electron chi connectivity index (χ1n) is 7.93. The maximum absolute atomic E-state index is 13.1. The highest BCUT2D eigenvalue weighted by atomic mass is 35.5. The van der Waals surface area contributed by atoms with Crippen molar-refractivity contribution in [2.24, 2.45) is 0 Å². The molecule has 5 nitrogen and oxygen atoms in total. The van der Waals surface area contributed by atoms with E-state index in [0.717, 1.165) is 0 Å². The lowest BCUT2D eigenvalue weighted by Gasteiger charge is -2.20. The minimum Gasteiger partial charge on any atom is -0.307 e. The van der Waals surface area contributed by atoms with Gasteiger partial charge in [0.1, 0.15) is 5.82 Å². The van der Waals surface area contributed by atoms with Crippen LogP contribution in [0.25, 0.3) is 5.69 Å². The molecule has 0 spiro atoms. The van der Waals surface area contributed by atoms with Gasteiger partial charge in [-0.25, -0.2) is 9.07 Å². The Kier molecular flexibility index (Phi) is 5.14. The third-order valence-electron chi connectivity index (χ3n) is 3.80. The Morgan fingerprint density at radius 2 is 1.77 bits per heavy atom. The molecule has 0 aliphatic rings. The molecule has 0 bridgehead atoms. The van der Waals surface area contributed by atoms with Gasteiger partial charge in [0.2, 0.25) is 5.43 Å². The van der Waals surface area contributed by atoms with Gasteiger partial charge in [0.25, 0.3) is 5.91 Å². The summed E-state index contributed by atoms with van der Waals surface area (Å²) in [7, 11) is 0. The molecular formula is C19H15ClFN3O2. The van der Waals surface area contributed by atoms with Gasteiger partial charge in [-0.3, -0.25) is 9.59 Å². The molecule has 0 unspecified atom stereocenters. The van der Waals surface area contributed by atoms with Crippen LogP contribution in [0.3, 0.4) is 0 Å². The molecule has 2 aromatic carbocycles. The van der Waals surface area contributed by atoms with Gasteiger partial charge in [0, 0.05) is 29.5 Å². The molecule has 3 aromatic rings. The second-order valence-electron chi connectivity index (χ2n) is 5.48. The van der Waals surface area contributed by atoms with Crippen LogP contribution < -0.4 is 10.3 Å². The number of nitrogens with zero attached hydrogens (tertiary/aromatic N) is 3. The largest absolute Gasteiger partial charge is 0.307 e. The predicted octanol–water partition coefficient (Wildman–Crippen LogP) is 3.69. The summed E-state index contributed by atoms with van der Waals surface area (Å²) >= 11 is 5.89. The lowest BCUT2D eigenvalue weighted by molar-refractivity contribution is 0.0980. The van der Waals surface area contributed by atoms with E-state index in [-0.39, 0.29) is 11.5 Å². The number of rotatable bonds is 4. The summed E-state index contributed by atoms with van der Waals surface area (Å²) in [5, 5.41) is 4.70. The van der Waals surface area contributed by atoms with Gasteiger partial charge in [0.15, 0.2) is 5.69 Å². The van der Waals surface area contributed by atoms with Crippen molar-refractivity contribution in [3.05, 3.63) is 87.6 Å². The van der Waals surface area contributed by atoms with Gasteiger partial charge >= 0.3 is 0 Å². The summed E-state index contributed by atoms with van der Waals surface area (Å²) in [5.41, 5.74) is 0.449. The number of amides is 1. The maximum Gasteiger partial charge on any atom is 0.282 e. The minimum atomic E-state index is -0.517. The van der Waals surface area contributed by atoms with Crippen LogP contribution in [0.4, 0.5) is 10.1 Å². The van der Waals surface area contributed by atoms with Crippen molar-refractivity contribution in [1.29, 1.82) is 0 Å². The minimum absolute atomic E-state index is 0.214. The van der Waals surface area contributed by atoms with Crippen LogP contribution in [-0.4, -0.2) is 22.2 Å². The molecule has 0 N–H and O–H groups in total. The van der Waals surface area contributed by atoms with Gasteiger partial charge in [-0.15, -0.1) is 0 Å². The van der Waals surface area contributed by atoms with E-state index in [1.807, 2.05) is 0 Å². The van der Waals surface area contributed by atoms with Gasteiger partial charge < -0.3 is 4.90 Å². The lowest BCUT2D eigenvalue weighted by Crippen LogP contribution is -2.35. The van der Waals surface area contributed by atoms with Crippen LogP contribution in [0.1, 0.15) is 17.4 Å². The van der Waals surface area contributed by atoms with Crippen molar-refractivity contribution in [3.63, 3.8) is 0 Å². The molecule has 0 aliphatic heterocycles. The smallest absolute Gasteiger partial charge is 0.282 e. The number of carbonyl (C=O) groups is 1. The zero-order valence-electron chi connectivity index (χ0n) is 13.9. The first-order valence-corrected chi connectivity index (χ1v) is 8.30. The van der Waals surface area contributed by atoms with Crippen molar-refractivity contribution in [3.8, 4) is 5.69 Å². The number of aromatic nitrogens is 2. The standard InChI is InChI=1S/C19H15ClFN3O2/c1-2-23(15-7-3-13(20)4-8-15)19(26)18-17(25)11-12-24(22-18)16-9-5-14(21)6-10-16/h3-12H,2H2,1H3. The molecular weight excluding hydrogens is 357 g/mol. The third kappa shape index (κ3) is 3.65. The van der Waals surface area contributed by atoms with E-state index < -0.39 is 11.3 Å². The monoisotopic (exact) mass is 371 g/mol. The Morgan fingerprint density at radius 3 is 2.38 bits per heavy atom. The third-order valence-corrected chi connectivity index (χ3v) is 4.05. The summed E-state index contributed by atoms with van der Waals surface area (Å²) < 4.78 is 14.5. The van der Waals surface area contributed by atoms with Crippen molar-refractivity contribution in [2.45, 2.75) is 6.92 Å². The summed E-state index contributed by atoms with van der Waals surface area (Å²) in [6, 6.07) is 13.6. The van der Waals surface area contributed by atoms with Crippen LogP contribution >= 0.6 is 11.6 Å². The summed E-state index contributed by atoms with van der Waals surface area (Å²) in [5.74, 6) is -0.901. The Balaban J connectivity index is 2.00. The van der Waals surface area contributed by atoms with E-state index in [2.05, 4.69) is 5.10 Å². The number of anilines is 1. The fourth-order valence-electron chi connectivity index (χ4n) is 2.49. The molecule has 0 fully saturated rings. The molecule has 1 aromatic heterocycles. The molecule has 7 heteroatoms. The van der Waals surface area contributed by atoms with Crippen LogP contribution in [0.5, 0.6) is 0 Å². The molecule has 132 valence electrons. The lowest BCUT2D eigenvalue weighted by atomic mass is 10.2. The predicted molar refractivity (Wildman–Crippen MR) is 98.6 cm³/mol. The zero-order valence-corrected chi connectivity index (χ0v) is 14.7. The van der Waals surface area contributed by atoms with Gasteiger partial charge in [-0.2, -0.15) is 5.10 Å². The molecule has 0 aliphatic carbocycles. The number of benzene rings is 2. The van der Waals surface area contributed by atoms with Crippen LogP contribution in [-0.2, 0) is 0 Å². The first-order chi connectivity index (χ1) is 12.5. The Bertz CT molecular complexity index is 985. The fraction of sp³-hybridized carbons (Fsp3) is 0.105. The van der Waals surface area contributed by atoms with Gasteiger partial charge in [-0.1, -0.05) is 11.6 Å². The maximum atomic E-state index is 13.1. The zero-order chi connectivity index (χ0) is 18.7. The SMILES string of the molecule is CCN(C(=O)c1nn(-c2ccc(F)cc2)ccc1=O)c1ccc(Cl)cc1. The fourth-order valence-corrected chi connectivity index (χ4v) is 2.61. The molecule has 0 saturated heterocycles. The van der Waals surface area contributed by atoms with E-state index in [1.54, 1.807) is 31.2 Å². The van der Waals surface area contributed by atoms with Gasteiger partial charge in [-0.05, 0) is 55.5 Å². The van der Waals surface area contributed by atoms with E-state index in [4.69, 9.17) is 11.6 Å². The van der Waals surface area contributed by atoms with Crippen molar-refractivity contribution >= 4 is 23.2 Å². The average molecular weight is 372 g/mol. The summed E-state index contributed by atoms with van der Waals surface area (Å²) in [6.07, 6.45) is 1.44. The average Bonchev–Trinajstić information content (AvgIpc) is 2.65. The molecule has 1 heterocycles. The quantitative estimate of drug-likeness (QED) is 0.702. The number of hydrogen-bond acceptors (Lipinski definition) is 3.